The van der Waals surface area contributed by atoms with E-state index in [0.29, 0.717) is 0 Å². The minimum atomic E-state index is 0.278. The van der Waals surface area contributed by atoms with Crippen molar-refractivity contribution in [1.82, 2.24) is 0 Å². The molecule has 1 aliphatic carbocycles. The van der Waals surface area contributed by atoms with Crippen molar-refractivity contribution in [2.24, 2.45) is 5.73 Å². The number of halogens is 1. The normalized spacial score (nSPS) is 18.3. The summed E-state index contributed by atoms with van der Waals surface area (Å²) in [6.45, 7) is 4.88. The van der Waals surface area contributed by atoms with E-state index in [1.54, 1.807) is 0 Å². The van der Waals surface area contributed by atoms with Crippen LogP contribution in [-0.4, -0.2) is 6.54 Å². The zero-order chi connectivity index (χ0) is 10.3. The Bertz CT molecular complexity index is 344. The SMILES string of the molecule is Cc1cc(C2(CN)CC2)cc(C)c1Cl. The van der Waals surface area contributed by atoms with Gasteiger partial charge in [-0.15, -0.1) is 0 Å². The first-order valence-corrected chi connectivity index (χ1v) is 5.44. The highest BCUT2D eigenvalue weighted by Crippen LogP contribution is 2.48. The molecule has 0 aliphatic heterocycles. The van der Waals surface area contributed by atoms with Crippen molar-refractivity contribution < 1.29 is 0 Å². The van der Waals surface area contributed by atoms with Gasteiger partial charge in [-0.25, -0.2) is 0 Å². The molecule has 0 atom stereocenters. The van der Waals surface area contributed by atoms with Gasteiger partial charge in [0.1, 0.15) is 0 Å². The van der Waals surface area contributed by atoms with E-state index in [0.717, 1.165) is 11.6 Å². The van der Waals surface area contributed by atoms with Crippen LogP contribution in [0.4, 0.5) is 0 Å². The lowest BCUT2D eigenvalue weighted by atomic mass is 9.93. The second-order valence-electron chi connectivity index (χ2n) is 4.41. The van der Waals surface area contributed by atoms with Gasteiger partial charge in [-0.05, 0) is 43.4 Å². The molecule has 1 aliphatic rings. The molecule has 1 aromatic rings. The van der Waals surface area contributed by atoms with Gasteiger partial charge >= 0.3 is 0 Å². The monoisotopic (exact) mass is 209 g/mol. The topological polar surface area (TPSA) is 26.0 Å². The number of hydrogen-bond acceptors (Lipinski definition) is 1. The van der Waals surface area contributed by atoms with Crippen LogP contribution in [0.2, 0.25) is 5.02 Å². The number of benzene rings is 1. The predicted octanol–water partition coefficient (Wildman–Crippen LogP) is 2.95. The highest BCUT2D eigenvalue weighted by atomic mass is 35.5. The molecule has 14 heavy (non-hydrogen) atoms. The van der Waals surface area contributed by atoms with Crippen molar-refractivity contribution in [3.05, 3.63) is 33.8 Å². The van der Waals surface area contributed by atoms with Gasteiger partial charge in [0.05, 0.1) is 0 Å². The molecule has 0 saturated heterocycles. The molecule has 0 bridgehead atoms. The molecule has 76 valence electrons. The minimum Gasteiger partial charge on any atom is -0.330 e. The van der Waals surface area contributed by atoms with Crippen LogP contribution in [0.25, 0.3) is 0 Å². The maximum absolute atomic E-state index is 6.13. The van der Waals surface area contributed by atoms with Crippen molar-refractivity contribution in [3.63, 3.8) is 0 Å². The van der Waals surface area contributed by atoms with E-state index in [1.807, 2.05) is 0 Å². The predicted molar refractivity (Wildman–Crippen MR) is 60.9 cm³/mol. The van der Waals surface area contributed by atoms with Crippen LogP contribution in [0.15, 0.2) is 12.1 Å². The van der Waals surface area contributed by atoms with Gasteiger partial charge in [0.25, 0.3) is 0 Å². The van der Waals surface area contributed by atoms with E-state index < -0.39 is 0 Å². The lowest BCUT2D eigenvalue weighted by Gasteiger charge is -2.15. The Labute approximate surface area is 90.3 Å². The summed E-state index contributed by atoms with van der Waals surface area (Å²) in [5.74, 6) is 0. The Hall–Kier alpha value is -0.530. The Morgan fingerprint density at radius 3 is 2.14 bits per heavy atom. The summed E-state index contributed by atoms with van der Waals surface area (Å²) in [6.07, 6.45) is 2.45. The van der Waals surface area contributed by atoms with E-state index in [1.165, 1.54) is 29.5 Å². The summed E-state index contributed by atoms with van der Waals surface area (Å²) in [5.41, 5.74) is 9.79. The van der Waals surface area contributed by atoms with Gasteiger partial charge in [0.2, 0.25) is 0 Å². The summed E-state index contributed by atoms with van der Waals surface area (Å²) in [6, 6.07) is 4.38. The maximum atomic E-state index is 6.13. The average molecular weight is 210 g/mol. The average Bonchev–Trinajstić information content (AvgIpc) is 2.94. The molecule has 2 N–H and O–H groups in total. The van der Waals surface area contributed by atoms with Crippen LogP contribution in [0.5, 0.6) is 0 Å². The summed E-state index contributed by atoms with van der Waals surface area (Å²) in [7, 11) is 0. The van der Waals surface area contributed by atoms with Gasteiger partial charge in [-0.2, -0.15) is 0 Å². The van der Waals surface area contributed by atoms with Gasteiger partial charge in [-0.3, -0.25) is 0 Å². The molecule has 1 fully saturated rings. The molecule has 0 unspecified atom stereocenters. The molecule has 0 spiro atoms. The van der Waals surface area contributed by atoms with Gasteiger partial charge < -0.3 is 5.73 Å². The van der Waals surface area contributed by atoms with Crippen molar-refractivity contribution in [3.8, 4) is 0 Å². The maximum Gasteiger partial charge on any atom is 0.0464 e. The minimum absolute atomic E-state index is 0.278. The van der Waals surface area contributed by atoms with Crippen LogP contribution in [0.1, 0.15) is 29.5 Å². The van der Waals surface area contributed by atoms with Crippen LogP contribution < -0.4 is 5.73 Å². The zero-order valence-corrected chi connectivity index (χ0v) is 9.49. The highest BCUT2D eigenvalue weighted by molar-refractivity contribution is 6.32. The molecular formula is C12H16ClN. The molecule has 0 amide bonds. The van der Waals surface area contributed by atoms with E-state index in [2.05, 4.69) is 26.0 Å². The summed E-state index contributed by atoms with van der Waals surface area (Å²) >= 11 is 6.13. The van der Waals surface area contributed by atoms with E-state index in [4.69, 9.17) is 17.3 Å². The fourth-order valence-electron chi connectivity index (χ4n) is 2.01. The van der Waals surface area contributed by atoms with E-state index in [9.17, 15) is 0 Å². The van der Waals surface area contributed by atoms with Crippen LogP contribution >= 0.6 is 11.6 Å². The number of nitrogens with two attached hydrogens (primary N) is 1. The Morgan fingerprint density at radius 1 is 1.29 bits per heavy atom. The number of aryl methyl sites for hydroxylation is 2. The highest BCUT2D eigenvalue weighted by Gasteiger charge is 2.43. The van der Waals surface area contributed by atoms with Crippen molar-refractivity contribution >= 4 is 11.6 Å². The molecule has 0 radical (unpaired) electrons. The summed E-state index contributed by atoms with van der Waals surface area (Å²) in [5, 5.41) is 0.890. The largest absolute Gasteiger partial charge is 0.330 e. The molecule has 0 heterocycles. The molecular weight excluding hydrogens is 194 g/mol. The number of rotatable bonds is 2. The fraction of sp³-hybridized carbons (Fsp3) is 0.500. The third-order valence-electron chi connectivity index (χ3n) is 3.29. The molecule has 1 nitrogen and oxygen atoms in total. The van der Waals surface area contributed by atoms with E-state index >= 15 is 0 Å². The Morgan fingerprint density at radius 2 is 1.79 bits per heavy atom. The molecule has 2 heteroatoms. The lowest BCUT2D eigenvalue weighted by molar-refractivity contribution is 0.703. The van der Waals surface area contributed by atoms with Gasteiger partial charge in [0, 0.05) is 17.0 Å². The van der Waals surface area contributed by atoms with Crippen molar-refractivity contribution in [2.45, 2.75) is 32.1 Å². The third kappa shape index (κ3) is 1.45. The Kier molecular flexibility index (Phi) is 2.32. The first kappa shape index (κ1) is 10.0. The van der Waals surface area contributed by atoms with Crippen LogP contribution in [0.3, 0.4) is 0 Å². The quantitative estimate of drug-likeness (QED) is 0.797. The van der Waals surface area contributed by atoms with E-state index in [-0.39, 0.29) is 5.41 Å². The van der Waals surface area contributed by atoms with Gasteiger partial charge in [0.15, 0.2) is 0 Å². The first-order valence-electron chi connectivity index (χ1n) is 5.06. The Balaban J connectivity index is 2.46. The number of hydrogen-bond donors (Lipinski definition) is 1. The third-order valence-corrected chi connectivity index (χ3v) is 3.89. The standard InChI is InChI=1S/C12H16ClN/c1-8-5-10(6-9(2)11(8)13)12(7-14)3-4-12/h5-6H,3-4,7,14H2,1-2H3. The molecule has 1 aromatic carbocycles. The van der Waals surface area contributed by atoms with Crippen LogP contribution in [0, 0.1) is 13.8 Å². The van der Waals surface area contributed by atoms with Crippen molar-refractivity contribution in [1.29, 1.82) is 0 Å². The fourth-order valence-corrected chi connectivity index (χ4v) is 2.12. The second kappa shape index (κ2) is 3.25. The molecule has 0 aromatic heterocycles. The first-order chi connectivity index (χ1) is 6.59. The summed E-state index contributed by atoms with van der Waals surface area (Å²) < 4.78 is 0. The smallest absolute Gasteiger partial charge is 0.0464 e. The van der Waals surface area contributed by atoms with Crippen molar-refractivity contribution in [2.75, 3.05) is 6.54 Å². The van der Waals surface area contributed by atoms with Gasteiger partial charge in [-0.1, -0.05) is 23.7 Å². The van der Waals surface area contributed by atoms with Crippen LogP contribution in [-0.2, 0) is 5.41 Å². The molecule has 2 rings (SSSR count). The second-order valence-corrected chi connectivity index (χ2v) is 4.79. The molecule has 1 saturated carbocycles. The zero-order valence-electron chi connectivity index (χ0n) is 8.73. The lowest BCUT2D eigenvalue weighted by Crippen LogP contribution is -2.19. The summed E-state index contributed by atoms with van der Waals surface area (Å²) in [4.78, 5) is 0.